The number of thiazole rings is 1. The molecule has 0 bridgehead atoms. The average molecular weight is 317 g/mol. The Morgan fingerprint density at radius 2 is 2.21 bits per heavy atom. The molecule has 6 nitrogen and oxygen atoms in total. The molecule has 19 heavy (non-hydrogen) atoms. The number of carbonyl (C=O) groups is 1. The standard InChI is InChI=1S/C10H9ClN4O2S2/c11-5-2-1-4(19-5)8-6(14-3-18-8)7(9(16)17)15-10(12)13/h1-3,7H,(H,16,17)(H4,12,13,15). The zero-order valence-corrected chi connectivity index (χ0v) is 11.8. The normalized spacial score (nSPS) is 12.1. The molecule has 100 valence electrons. The van der Waals surface area contributed by atoms with Gasteiger partial charge in [-0.25, -0.2) is 14.8 Å². The van der Waals surface area contributed by atoms with Gasteiger partial charge in [-0.15, -0.1) is 22.7 Å². The van der Waals surface area contributed by atoms with E-state index in [1.165, 1.54) is 22.7 Å². The quantitative estimate of drug-likeness (QED) is 0.589. The fraction of sp³-hybridized carbons (Fsp3) is 0.100. The molecule has 0 saturated heterocycles. The first-order chi connectivity index (χ1) is 8.99. The Morgan fingerprint density at radius 3 is 2.74 bits per heavy atom. The van der Waals surface area contributed by atoms with Crippen molar-refractivity contribution in [3.63, 3.8) is 0 Å². The van der Waals surface area contributed by atoms with Crippen molar-refractivity contribution in [2.24, 2.45) is 16.5 Å². The number of carboxylic acids is 1. The van der Waals surface area contributed by atoms with Crippen LogP contribution in [0.4, 0.5) is 0 Å². The Labute approximate surface area is 121 Å². The van der Waals surface area contributed by atoms with E-state index in [1.54, 1.807) is 17.6 Å². The van der Waals surface area contributed by atoms with Crippen LogP contribution in [-0.2, 0) is 4.79 Å². The van der Waals surface area contributed by atoms with Crippen LogP contribution in [0.5, 0.6) is 0 Å². The number of halogens is 1. The molecule has 5 N–H and O–H groups in total. The zero-order valence-electron chi connectivity index (χ0n) is 9.41. The Hall–Kier alpha value is -1.64. The van der Waals surface area contributed by atoms with Crippen molar-refractivity contribution in [1.29, 1.82) is 0 Å². The molecule has 0 radical (unpaired) electrons. The minimum Gasteiger partial charge on any atom is -0.479 e. The number of hydrogen-bond acceptors (Lipinski definition) is 5. The molecule has 2 aromatic rings. The zero-order chi connectivity index (χ0) is 14.0. The van der Waals surface area contributed by atoms with E-state index in [0.29, 0.717) is 14.9 Å². The third-order valence-corrected chi connectivity index (χ3v) is 4.42. The summed E-state index contributed by atoms with van der Waals surface area (Å²) in [5.41, 5.74) is 12.4. The first kappa shape index (κ1) is 13.8. The van der Waals surface area contributed by atoms with Crippen LogP contribution in [0.15, 0.2) is 22.6 Å². The summed E-state index contributed by atoms with van der Waals surface area (Å²) >= 11 is 8.53. The van der Waals surface area contributed by atoms with E-state index in [-0.39, 0.29) is 5.96 Å². The number of thiophene rings is 1. The molecule has 1 atom stereocenters. The molecule has 0 aromatic carbocycles. The van der Waals surface area contributed by atoms with Gasteiger partial charge < -0.3 is 16.6 Å². The van der Waals surface area contributed by atoms with Crippen LogP contribution in [0.2, 0.25) is 4.34 Å². The Kier molecular flexibility index (Phi) is 4.03. The predicted octanol–water partition coefficient (Wildman–Crippen LogP) is 1.92. The van der Waals surface area contributed by atoms with Gasteiger partial charge in [0, 0.05) is 4.88 Å². The van der Waals surface area contributed by atoms with E-state index in [4.69, 9.17) is 23.1 Å². The van der Waals surface area contributed by atoms with Crippen LogP contribution in [0.3, 0.4) is 0 Å². The topological polar surface area (TPSA) is 115 Å². The average Bonchev–Trinajstić information content (AvgIpc) is 2.93. The van der Waals surface area contributed by atoms with Gasteiger partial charge in [0.05, 0.1) is 20.4 Å². The molecule has 0 saturated carbocycles. The van der Waals surface area contributed by atoms with Crippen LogP contribution in [0.1, 0.15) is 11.7 Å². The van der Waals surface area contributed by atoms with E-state index in [0.717, 1.165) is 4.88 Å². The van der Waals surface area contributed by atoms with Gasteiger partial charge in [-0.1, -0.05) is 11.6 Å². The van der Waals surface area contributed by atoms with Gasteiger partial charge in [0.1, 0.15) is 0 Å². The number of aliphatic carboxylic acids is 1. The smallest absolute Gasteiger partial charge is 0.334 e. The summed E-state index contributed by atoms with van der Waals surface area (Å²) in [6.45, 7) is 0. The molecule has 0 aliphatic rings. The second-order valence-corrected chi connectivity index (χ2v) is 6.04. The van der Waals surface area contributed by atoms with Gasteiger partial charge in [-0.2, -0.15) is 0 Å². The molecular weight excluding hydrogens is 308 g/mol. The van der Waals surface area contributed by atoms with E-state index in [2.05, 4.69) is 9.98 Å². The molecule has 0 amide bonds. The molecule has 0 aliphatic heterocycles. The monoisotopic (exact) mass is 316 g/mol. The Morgan fingerprint density at radius 1 is 1.47 bits per heavy atom. The van der Waals surface area contributed by atoms with Crippen molar-refractivity contribution in [2.45, 2.75) is 6.04 Å². The molecule has 2 rings (SSSR count). The van der Waals surface area contributed by atoms with E-state index in [1.807, 2.05) is 0 Å². The third kappa shape index (κ3) is 3.03. The molecule has 9 heteroatoms. The lowest BCUT2D eigenvalue weighted by atomic mass is 10.2. The highest BCUT2D eigenvalue weighted by Crippen LogP contribution is 2.38. The number of nitrogens with zero attached hydrogens (tertiary/aromatic N) is 2. The van der Waals surface area contributed by atoms with E-state index < -0.39 is 12.0 Å². The summed E-state index contributed by atoms with van der Waals surface area (Å²) in [5, 5.41) is 9.19. The fourth-order valence-corrected chi connectivity index (χ4v) is 3.45. The summed E-state index contributed by atoms with van der Waals surface area (Å²) in [5.74, 6) is -1.46. The highest BCUT2D eigenvalue weighted by Gasteiger charge is 2.26. The Balaban J connectivity index is 2.48. The van der Waals surface area contributed by atoms with Gasteiger partial charge in [-0.3, -0.25) is 0 Å². The number of aliphatic imine (C=N–C) groups is 1. The van der Waals surface area contributed by atoms with Gasteiger partial charge in [0.15, 0.2) is 12.0 Å². The first-order valence-corrected chi connectivity index (χ1v) is 7.07. The lowest BCUT2D eigenvalue weighted by molar-refractivity contribution is -0.138. The van der Waals surface area contributed by atoms with Crippen LogP contribution in [-0.4, -0.2) is 22.0 Å². The summed E-state index contributed by atoms with van der Waals surface area (Å²) in [6.07, 6.45) is 0. The molecule has 2 aromatic heterocycles. The van der Waals surface area contributed by atoms with Crippen LogP contribution < -0.4 is 11.5 Å². The number of aromatic nitrogens is 1. The third-order valence-electron chi connectivity index (χ3n) is 2.16. The number of guanidine groups is 1. The van der Waals surface area contributed by atoms with E-state index in [9.17, 15) is 9.90 Å². The van der Waals surface area contributed by atoms with Crippen LogP contribution in [0, 0.1) is 0 Å². The van der Waals surface area contributed by atoms with Gasteiger partial charge in [-0.05, 0) is 12.1 Å². The summed E-state index contributed by atoms with van der Waals surface area (Å²) in [6, 6.07) is 2.33. The largest absolute Gasteiger partial charge is 0.479 e. The van der Waals surface area contributed by atoms with Crippen molar-refractivity contribution >= 4 is 46.2 Å². The maximum atomic E-state index is 11.2. The van der Waals surface area contributed by atoms with Gasteiger partial charge >= 0.3 is 5.97 Å². The molecule has 0 aliphatic carbocycles. The van der Waals surface area contributed by atoms with Crippen molar-refractivity contribution in [1.82, 2.24) is 4.98 Å². The maximum Gasteiger partial charge on any atom is 0.334 e. The summed E-state index contributed by atoms with van der Waals surface area (Å²) in [7, 11) is 0. The molecule has 0 spiro atoms. The molecular formula is C10H9ClN4O2S2. The lowest BCUT2D eigenvalue weighted by Crippen LogP contribution is -2.25. The van der Waals surface area contributed by atoms with Crippen LogP contribution >= 0.6 is 34.3 Å². The highest BCUT2D eigenvalue weighted by molar-refractivity contribution is 7.23. The van der Waals surface area contributed by atoms with Crippen LogP contribution in [0.25, 0.3) is 9.75 Å². The highest BCUT2D eigenvalue weighted by atomic mass is 35.5. The molecule has 1 unspecified atom stereocenters. The minimum absolute atomic E-state index is 0.296. The number of carboxylic acid groups (broad SMARTS) is 1. The number of hydrogen-bond donors (Lipinski definition) is 3. The van der Waals surface area contributed by atoms with Crippen molar-refractivity contribution in [3.05, 3.63) is 27.7 Å². The number of nitrogens with two attached hydrogens (primary N) is 2. The molecule has 0 fully saturated rings. The maximum absolute atomic E-state index is 11.2. The summed E-state index contributed by atoms with van der Waals surface area (Å²) < 4.78 is 0.614. The SMILES string of the molecule is NC(N)=NC(C(=O)O)c1ncsc1-c1ccc(Cl)s1. The van der Waals surface area contributed by atoms with Crippen molar-refractivity contribution in [2.75, 3.05) is 0 Å². The number of rotatable bonds is 4. The van der Waals surface area contributed by atoms with Gasteiger partial charge in [0.25, 0.3) is 0 Å². The first-order valence-electron chi connectivity index (χ1n) is 4.99. The van der Waals surface area contributed by atoms with Gasteiger partial charge in [0.2, 0.25) is 0 Å². The predicted molar refractivity (Wildman–Crippen MR) is 76.6 cm³/mol. The van der Waals surface area contributed by atoms with E-state index >= 15 is 0 Å². The van der Waals surface area contributed by atoms with Crippen molar-refractivity contribution < 1.29 is 9.90 Å². The summed E-state index contributed by atoms with van der Waals surface area (Å²) in [4.78, 5) is 20.5. The minimum atomic E-state index is -1.22. The van der Waals surface area contributed by atoms with Crippen molar-refractivity contribution in [3.8, 4) is 9.75 Å². The second-order valence-electron chi connectivity index (χ2n) is 3.47. The fourth-order valence-electron chi connectivity index (χ4n) is 1.45. The lowest BCUT2D eigenvalue weighted by Gasteiger charge is -2.07. The molecule has 2 heterocycles. The second kappa shape index (κ2) is 5.55. The Bertz CT molecular complexity index is 633.